The Morgan fingerprint density at radius 1 is 1.57 bits per heavy atom. The third kappa shape index (κ3) is 3.06. The van der Waals surface area contributed by atoms with Gasteiger partial charge < -0.3 is 5.73 Å². The summed E-state index contributed by atoms with van der Waals surface area (Å²) < 4.78 is 0.998. The van der Waals surface area contributed by atoms with Gasteiger partial charge in [0.15, 0.2) is 0 Å². The maximum atomic E-state index is 5.86. The van der Waals surface area contributed by atoms with E-state index in [4.69, 9.17) is 12.2 Å². The van der Waals surface area contributed by atoms with Crippen LogP contribution in [-0.2, 0) is 6.54 Å². The molecule has 0 atom stereocenters. The predicted molar refractivity (Wildman–Crippen MR) is 63.7 cm³/mol. The molecule has 2 nitrogen and oxygen atoms in total. The molecule has 3 heteroatoms. The fourth-order valence-corrected chi connectivity index (χ4v) is 1.59. The van der Waals surface area contributed by atoms with Gasteiger partial charge in [0, 0.05) is 16.7 Å². The lowest BCUT2D eigenvalue weighted by atomic mass is 10.2. The minimum atomic E-state index is 0.634. The molecule has 1 rings (SSSR count). The van der Waals surface area contributed by atoms with Crippen molar-refractivity contribution < 1.29 is 0 Å². The van der Waals surface area contributed by atoms with Crippen LogP contribution in [0.25, 0.3) is 0 Å². The Balaban J connectivity index is 2.73. The molecule has 0 aliphatic heterocycles. The first kappa shape index (κ1) is 11.1. The van der Waals surface area contributed by atoms with Gasteiger partial charge in [-0.2, -0.15) is 0 Å². The molecule has 0 aliphatic rings. The number of nitrogens with zero attached hydrogens (tertiary/aromatic N) is 1. The third-order valence-corrected chi connectivity index (χ3v) is 2.40. The molecule has 2 N–H and O–H groups in total. The van der Waals surface area contributed by atoms with E-state index < -0.39 is 0 Å². The molecule has 0 radical (unpaired) electrons. The number of hydrogen-bond donors (Lipinski definition) is 1. The Morgan fingerprint density at radius 2 is 2.29 bits per heavy atom. The second-order valence-electron chi connectivity index (χ2n) is 3.22. The van der Waals surface area contributed by atoms with Crippen molar-refractivity contribution in [3.8, 4) is 12.3 Å². The summed E-state index contributed by atoms with van der Waals surface area (Å²) in [7, 11) is 1.97. The zero-order chi connectivity index (χ0) is 10.6. The minimum Gasteiger partial charge on any atom is -0.398 e. The van der Waals surface area contributed by atoms with Crippen LogP contribution < -0.4 is 5.73 Å². The SMILES string of the molecule is C#CCN(C)Cc1ccc(Br)cc1N. The van der Waals surface area contributed by atoms with Crippen LogP contribution in [0.3, 0.4) is 0 Å². The summed E-state index contributed by atoms with van der Waals surface area (Å²) in [6.45, 7) is 1.42. The third-order valence-electron chi connectivity index (χ3n) is 1.91. The number of nitrogen functional groups attached to an aromatic ring is 1. The summed E-state index contributed by atoms with van der Waals surface area (Å²) in [6, 6.07) is 5.89. The zero-order valence-corrected chi connectivity index (χ0v) is 9.71. The summed E-state index contributed by atoms with van der Waals surface area (Å²) in [5.74, 6) is 2.59. The van der Waals surface area contributed by atoms with E-state index in [0.29, 0.717) is 6.54 Å². The summed E-state index contributed by atoms with van der Waals surface area (Å²) in [4.78, 5) is 2.04. The van der Waals surface area contributed by atoms with E-state index in [0.717, 1.165) is 22.3 Å². The number of nitrogens with two attached hydrogens (primary N) is 1. The first-order valence-corrected chi connectivity index (χ1v) is 5.08. The largest absolute Gasteiger partial charge is 0.398 e. The van der Waals surface area contributed by atoms with E-state index in [1.165, 1.54) is 0 Å². The lowest BCUT2D eigenvalue weighted by molar-refractivity contribution is 0.370. The Labute approximate surface area is 93.2 Å². The molecule has 0 bridgehead atoms. The zero-order valence-electron chi connectivity index (χ0n) is 8.13. The number of benzene rings is 1. The van der Waals surface area contributed by atoms with Crippen LogP contribution in [0.1, 0.15) is 5.56 Å². The van der Waals surface area contributed by atoms with E-state index in [1.807, 2.05) is 30.1 Å². The van der Waals surface area contributed by atoms with Crippen molar-refractivity contribution in [3.05, 3.63) is 28.2 Å². The highest BCUT2D eigenvalue weighted by Crippen LogP contribution is 2.19. The number of rotatable bonds is 3. The molecular weight excluding hydrogens is 240 g/mol. The van der Waals surface area contributed by atoms with Crippen molar-refractivity contribution in [1.29, 1.82) is 0 Å². The first-order valence-electron chi connectivity index (χ1n) is 4.29. The monoisotopic (exact) mass is 252 g/mol. The van der Waals surface area contributed by atoms with Crippen LogP contribution in [0.2, 0.25) is 0 Å². The predicted octanol–water partition coefficient (Wildman–Crippen LogP) is 2.10. The Morgan fingerprint density at radius 3 is 2.86 bits per heavy atom. The maximum absolute atomic E-state index is 5.86. The van der Waals surface area contributed by atoms with Crippen molar-refractivity contribution in [3.63, 3.8) is 0 Å². The molecule has 0 saturated heterocycles. The van der Waals surface area contributed by atoms with E-state index in [1.54, 1.807) is 0 Å². The summed E-state index contributed by atoms with van der Waals surface area (Å²) in [5, 5.41) is 0. The maximum Gasteiger partial charge on any atom is 0.0599 e. The molecule has 14 heavy (non-hydrogen) atoms. The van der Waals surface area contributed by atoms with Crippen molar-refractivity contribution >= 4 is 21.6 Å². The first-order chi connectivity index (χ1) is 6.63. The molecule has 74 valence electrons. The quantitative estimate of drug-likeness (QED) is 0.660. The highest BCUT2D eigenvalue weighted by Gasteiger charge is 2.02. The molecule has 1 aromatic rings. The number of anilines is 1. The molecule has 0 heterocycles. The molecule has 0 spiro atoms. The van der Waals surface area contributed by atoms with E-state index in [2.05, 4.69) is 21.9 Å². The van der Waals surface area contributed by atoms with E-state index in [9.17, 15) is 0 Å². The van der Waals surface area contributed by atoms with Crippen LogP contribution in [-0.4, -0.2) is 18.5 Å². The molecule has 0 unspecified atom stereocenters. The molecule has 0 amide bonds. The van der Waals surface area contributed by atoms with Gasteiger partial charge in [0.2, 0.25) is 0 Å². The summed E-state index contributed by atoms with van der Waals surface area (Å²) in [6.07, 6.45) is 5.21. The molecule has 1 aromatic carbocycles. The average Bonchev–Trinajstić information content (AvgIpc) is 2.10. The van der Waals surface area contributed by atoms with Crippen LogP contribution in [0.4, 0.5) is 5.69 Å². The number of hydrogen-bond acceptors (Lipinski definition) is 2. The van der Waals surface area contributed by atoms with Crippen LogP contribution in [0, 0.1) is 12.3 Å². The Kier molecular flexibility index (Phi) is 3.99. The van der Waals surface area contributed by atoms with Crippen LogP contribution in [0.5, 0.6) is 0 Å². The van der Waals surface area contributed by atoms with Gasteiger partial charge >= 0.3 is 0 Å². The van der Waals surface area contributed by atoms with Crippen LogP contribution >= 0.6 is 15.9 Å². The van der Waals surface area contributed by atoms with Crippen molar-refractivity contribution in [2.24, 2.45) is 0 Å². The van der Waals surface area contributed by atoms with Crippen molar-refractivity contribution in [2.75, 3.05) is 19.3 Å². The van der Waals surface area contributed by atoms with Gasteiger partial charge in [-0.25, -0.2) is 0 Å². The highest BCUT2D eigenvalue weighted by molar-refractivity contribution is 9.10. The Bertz CT molecular complexity index is 355. The second kappa shape index (κ2) is 5.04. The lowest BCUT2D eigenvalue weighted by Crippen LogP contribution is -2.18. The summed E-state index contributed by atoms with van der Waals surface area (Å²) in [5.41, 5.74) is 7.75. The lowest BCUT2D eigenvalue weighted by Gasteiger charge is -2.14. The summed E-state index contributed by atoms with van der Waals surface area (Å²) >= 11 is 3.37. The van der Waals surface area contributed by atoms with Gasteiger partial charge in [-0.05, 0) is 24.7 Å². The number of halogens is 1. The fraction of sp³-hybridized carbons (Fsp3) is 0.273. The Hall–Kier alpha value is -0.980. The molecular formula is C11H13BrN2. The smallest absolute Gasteiger partial charge is 0.0599 e. The second-order valence-corrected chi connectivity index (χ2v) is 4.14. The highest BCUT2D eigenvalue weighted by atomic mass is 79.9. The van der Waals surface area contributed by atoms with Gasteiger partial charge in [-0.15, -0.1) is 6.42 Å². The van der Waals surface area contributed by atoms with Crippen molar-refractivity contribution in [2.45, 2.75) is 6.54 Å². The minimum absolute atomic E-state index is 0.634. The van der Waals surface area contributed by atoms with Gasteiger partial charge in [0.1, 0.15) is 0 Å². The normalized spacial score (nSPS) is 10.1. The van der Waals surface area contributed by atoms with Gasteiger partial charge in [-0.1, -0.05) is 27.9 Å². The molecule has 0 fully saturated rings. The van der Waals surface area contributed by atoms with Crippen LogP contribution in [0.15, 0.2) is 22.7 Å². The topological polar surface area (TPSA) is 29.3 Å². The van der Waals surface area contributed by atoms with Crippen molar-refractivity contribution in [1.82, 2.24) is 4.90 Å². The molecule has 0 aliphatic carbocycles. The van der Waals surface area contributed by atoms with E-state index >= 15 is 0 Å². The van der Waals surface area contributed by atoms with Gasteiger partial charge in [0.25, 0.3) is 0 Å². The average molecular weight is 253 g/mol. The van der Waals surface area contributed by atoms with E-state index in [-0.39, 0.29) is 0 Å². The fourth-order valence-electron chi connectivity index (χ4n) is 1.21. The molecule has 0 aromatic heterocycles. The van der Waals surface area contributed by atoms with Gasteiger partial charge in [0.05, 0.1) is 6.54 Å². The standard InChI is InChI=1S/C11H13BrN2/c1-3-6-14(2)8-9-4-5-10(12)7-11(9)13/h1,4-5,7H,6,8,13H2,2H3. The van der Waals surface area contributed by atoms with Gasteiger partial charge in [-0.3, -0.25) is 4.90 Å². The molecule has 0 saturated carbocycles. The number of terminal acetylenes is 1.